The highest BCUT2D eigenvalue weighted by atomic mass is 31.2. The standard InChI is InChI=1S/C13H23O9P/c1-12(2,3)9(14)19-7-21-11(16)23(17,18)22-8-20-10(15)13(4,5)6/h7-8H2,1-6H3,(H,17,18). The third kappa shape index (κ3) is 8.11. The molecule has 134 valence electrons. The van der Waals surface area contributed by atoms with E-state index in [1.807, 2.05) is 0 Å². The van der Waals surface area contributed by atoms with Crippen molar-refractivity contribution in [2.45, 2.75) is 41.5 Å². The van der Waals surface area contributed by atoms with E-state index < -0.39 is 49.7 Å². The summed E-state index contributed by atoms with van der Waals surface area (Å²) < 4.78 is 29.4. The van der Waals surface area contributed by atoms with Crippen molar-refractivity contribution in [1.82, 2.24) is 0 Å². The lowest BCUT2D eigenvalue weighted by atomic mass is 9.98. The van der Waals surface area contributed by atoms with Gasteiger partial charge in [0.05, 0.1) is 10.8 Å². The molecule has 0 spiro atoms. The molecule has 0 amide bonds. The van der Waals surface area contributed by atoms with Crippen LogP contribution in [0.15, 0.2) is 0 Å². The lowest BCUT2D eigenvalue weighted by Crippen LogP contribution is -2.25. The molecule has 0 aliphatic carbocycles. The van der Waals surface area contributed by atoms with Crippen LogP contribution >= 0.6 is 7.60 Å². The van der Waals surface area contributed by atoms with Crippen molar-refractivity contribution in [3.63, 3.8) is 0 Å². The Morgan fingerprint density at radius 3 is 1.61 bits per heavy atom. The van der Waals surface area contributed by atoms with Gasteiger partial charge in [-0.1, -0.05) is 0 Å². The average Bonchev–Trinajstić information content (AvgIpc) is 2.35. The molecular formula is C13H23O9P. The highest BCUT2D eigenvalue weighted by molar-refractivity contribution is 7.70. The van der Waals surface area contributed by atoms with Gasteiger partial charge in [-0.15, -0.1) is 0 Å². The molecule has 23 heavy (non-hydrogen) atoms. The minimum Gasteiger partial charge on any atom is -0.438 e. The van der Waals surface area contributed by atoms with Gasteiger partial charge in [-0.05, 0) is 41.5 Å². The largest absolute Gasteiger partial charge is 0.438 e. The van der Waals surface area contributed by atoms with Gasteiger partial charge < -0.3 is 19.1 Å². The van der Waals surface area contributed by atoms with Gasteiger partial charge in [0.1, 0.15) is 0 Å². The molecule has 9 nitrogen and oxygen atoms in total. The number of hydrogen-bond acceptors (Lipinski definition) is 8. The maximum atomic E-state index is 11.5. The Morgan fingerprint density at radius 1 is 0.826 bits per heavy atom. The Morgan fingerprint density at radius 2 is 1.22 bits per heavy atom. The highest BCUT2D eigenvalue weighted by Crippen LogP contribution is 2.44. The zero-order chi connectivity index (χ0) is 18.5. The van der Waals surface area contributed by atoms with Gasteiger partial charge in [-0.25, -0.2) is 9.36 Å². The summed E-state index contributed by atoms with van der Waals surface area (Å²) in [6.45, 7) is 7.76. The molecular weight excluding hydrogens is 331 g/mol. The molecule has 0 saturated heterocycles. The van der Waals surface area contributed by atoms with Crippen LogP contribution < -0.4 is 0 Å². The molecule has 0 aromatic carbocycles. The third-order valence-corrected chi connectivity index (χ3v) is 3.29. The second-order valence-electron chi connectivity index (χ2n) is 6.66. The Hall–Kier alpha value is -1.44. The van der Waals surface area contributed by atoms with Gasteiger partial charge in [-0.2, -0.15) is 0 Å². The van der Waals surface area contributed by atoms with Crippen LogP contribution in [0.5, 0.6) is 0 Å². The fraction of sp³-hybridized carbons (Fsp3) is 0.769. The van der Waals surface area contributed by atoms with Crippen molar-refractivity contribution in [1.29, 1.82) is 0 Å². The Bertz CT molecular complexity index is 499. The fourth-order valence-corrected chi connectivity index (χ4v) is 1.37. The number of rotatable bonds is 6. The smallest absolute Gasteiger partial charge is 0.438 e. The molecule has 1 atom stereocenters. The van der Waals surface area contributed by atoms with Gasteiger partial charge >= 0.3 is 25.2 Å². The van der Waals surface area contributed by atoms with Crippen LogP contribution in [-0.2, 0) is 32.9 Å². The minimum atomic E-state index is -4.82. The van der Waals surface area contributed by atoms with Crippen LogP contribution in [0.4, 0.5) is 4.79 Å². The summed E-state index contributed by atoms with van der Waals surface area (Å²) >= 11 is 0. The quantitative estimate of drug-likeness (QED) is 0.434. The minimum absolute atomic E-state index is 0.655. The van der Waals surface area contributed by atoms with Crippen molar-refractivity contribution in [2.24, 2.45) is 10.8 Å². The summed E-state index contributed by atoms with van der Waals surface area (Å²) in [6, 6.07) is 0. The second-order valence-corrected chi connectivity index (χ2v) is 8.32. The van der Waals surface area contributed by atoms with Gasteiger partial charge in [0.15, 0.2) is 0 Å². The first-order valence-corrected chi connectivity index (χ1v) is 8.25. The van der Waals surface area contributed by atoms with Crippen LogP contribution in [0.1, 0.15) is 41.5 Å². The summed E-state index contributed by atoms with van der Waals surface area (Å²) in [5.74, 6) is -1.33. The number of carbonyl (C=O) groups excluding carboxylic acids is 3. The molecule has 0 aliphatic rings. The van der Waals surface area contributed by atoms with Crippen molar-refractivity contribution in [3.8, 4) is 0 Å². The molecule has 0 radical (unpaired) electrons. The molecule has 1 unspecified atom stereocenters. The molecule has 0 heterocycles. The molecule has 0 saturated carbocycles. The Kier molecular flexibility index (Phi) is 7.40. The molecule has 0 rings (SSSR count). The van der Waals surface area contributed by atoms with E-state index in [2.05, 4.69) is 18.7 Å². The maximum absolute atomic E-state index is 11.5. The molecule has 10 heteroatoms. The normalized spacial score (nSPS) is 14.6. The average molecular weight is 354 g/mol. The molecule has 1 N–H and O–H groups in total. The fourth-order valence-electron chi connectivity index (χ4n) is 0.852. The van der Waals surface area contributed by atoms with E-state index in [-0.39, 0.29) is 0 Å². The molecule has 0 bridgehead atoms. The first-order valence-electron chi connectivity index (χ1n) is 6.67. The lowest BCUT2D eigenvalue weighted by Gasteiger charge is -2.18. The van der Waals surface area contributed by atoms with E-state index >= 15 is 0 Å². The summed E-state index contributed by atoms with van der Waals surface area (Å²) in [5, 5.41) is 0. The first kappa shape index (κ1) is 21.6. The van der Waals surface area contributed by atoms with Gasteiger partial charge in [0.2, 0.25) is 13.6 Å². The van der Waals surface area contributed by atoms with Gasteiger partial charge in [0.25, 0.3) is 0 Å². The number of carbonyl (C=O) groups is 3. The zero-order valence-corrected chi connectivity index (χ0v) is 15.0. The van der Waals surface area contributed by atoms with Gasteiger partial charge in [-0.3, -0.25) is 14.1 Å². The van der Waals surface area contributed by atoms with E-state index in [0.717, 1.165) is 0 Å². The summed E-state index contributed by atoms with van der Waals surface area (Å²) in [7, 11) is -4.82. The molecule has 0 fully saturated rings. The number of esters is 2. The monoisotopic (exact) mass is 354 g/mol. The van der Waals surface area contributed by atoms with E-state index in [1.165, 1.54) is 0 Å². The van der Waals surface area contributed by atoms with Crippen LogP contribution in [0.25, 0.3) is 0 Å². The first-order chi connectivity index (χ1) is 10.2. The van der Waals surface area contributed by atoms with Crippen molar-refractivity contribution >= 4 is 25.2 Å². The summed E-state index contributed by atoms with van der Waals surface area (Å²) in [5.41, 5.74) is -3.26. The third-order valence-electron chi connectivity index (χ3n) is 2.25. The van der Waals surface area contributed by atoms with Crippen molar-refractivity contribution < 1.29 is 42.6 Å². The summed E-state index contributed by atoms with van der Waals surface area (Å²) in [6.07, 6.45) is 0. The van der Waals surface area contributed by atoms with E-state index in [1.54, 1.807) is 41.5 Å². The number of ether oxygens (including phenoxy) is 3. The van der Waals surface area contributed by atoms with Crippen LogP contribution in [-0.4, -0.2) is 36.1 Å². The SMILES string of the molecule is CC(C)(C)C(=O)OCOC(=O)P(=O)(O)OCOC(=O)C(C)(C)C. The second kappa shape index (κ2) is 7.90. The van der Waals surface area contributed by atoms with Crippen LogP contribution in [0, 0.1) is 10.8 Å². The van der Waals surface area contributed by atoms with Crippen LogP contribution in [0.2, 0.25) is 0 Å². The summed E-state index contributed by atoms with van der Waals surface area (Å²) in [4.78, 5) is 43.5. The predicted octanol–water partition coefficient (Wildman–Crippen LogP) is 2.42. The topological polar surface area (TPSA) is 125 Å². The molecule has 0 aromatic rings. The maximum Gasteiger partial charge on any atom is 0.438 e. The molecule has 0 aromatic heterocycles. The van der Waals surface area contributed by atoms with E-state index in [4.69, 9.17) is 0 Å². The van der Waals surface area contributed by atoms with Crippen molar-refractivity contribution in [3.05, 3.63) is 0 Å². The van der Waals surface area contributed by atoms with E-state index in [9.17, 15) is 23.8 Å². The number of hydrogen-bond donors (Lipinski definition) is 1. The molecule has 0 aliphatic heterocycles. The predicted molar refractivity (Wildman–Crippen MR) is 78.2 cm³/mol. The Balaban J connectivity index is 4.28. The van der Waals surface area contributed by atoms with Gasteiger partial charge in [0, 0.05) is 0 Å². The van der Waals surface area contributed by atoms with E-state index in [0.29, 0.717) is 0 Å². The van der Waals surface area contributed by atoms with Crippen LogP contribution in [0.3, 0.4) is 0 Å². The van der Waals surface area contributed by atoms with Crippen molar-refractivity contribution in [2.75, 3.05) is 13.6 Å². The Labute approximate surface area is 134 Å². The zero-order valence-electron chi connectivity index (χ0n) is 14.1. The highest BCUT2D eigenvalue weighted by Gasteiger charge is 2.35. The lowest BCUT2D eigenvalue weighted by molar-refractivity contribution is -0.162.